The summed E-state index contributed by atoms with van der Waals surface area (Å²) in [6.07, 6.45) is 4.32. The van der Waals surface area contributed by atoms with Crippen LogP contribution < -0.4 is 4.90 Å². The van der Waals surface area contributed by atoms with Crippen molar-refractivity contribution in [3.8, 4) is 0 Å². The number of anilines is 1. The highest BCUT2D eigenvalue weighted by Gasteiger charge is 2.23. The molecular weight excluding hydrogens is 332 g/mol. The molecule has 138 valence electrons. The quantitative estimate of drug-likeness (QED) is 0.766. The lowest BCUT2D eigenvalue weighted by molar-refractivity contribution is -0.131. The number of ketones is 1. The van der Waals surface area contributed by atoms with E-state index in [-0.39, 0.29) is 18.2 Å². The molecule has 1 aliphatic heterocycles. The Hall–Kier alpha value is -2.77. The second-order valence-electron chi connectivity index (χ2n) is 6.53. The van der Waals surface area contributed by atoms with Crippen LogP contribution in [0.25, 0.3) is 0 Å². The Kier molecular flexibility index (Phi) is 5.29. The van der Waals surface area contributed by atoms with Crippen molar-refractivity contribution in [2.45, 2.75) is 33.7 Å². The van der Waals surface area contributed by atoms with E-state index in [2.05, 4.69) is 20.0 Å². The third-order valence-corrected chi connectivity index (χ3v) is 4.70. The summed E-state index contributed by atoms with van der Waals surface area (Å²) in [6.45, 7) is 8.15. The van der Waals surface area contributed by atoms with Crippen molar-refractivity contribution < 1.29 is 9.59 Å². The molecule has 0 radical (unpaired) electrons. The van der Waals surface area contributed by atoms with Crippen LogP contribution in [-0.2, 0) is 11.3 Å². The number of Topliss-reactive ketones (excluding diaryl/α,β-unsaturated/α-hetero) is 1. The molecule has 1 amide bonds. The van der Waals surface area contributed by atoms with Gasteiger partial charge in [0.05, 0.1) is 11.3 Å². The lowest BCUT2D eigenvalue weighted by Crippen LogP contribution is -2.37. The van der Waals surface area contributed by atoms with E-state index in [4.69, 9.17) is 0 Å². The standard InChI is InChI=1S/C18H24N6O2/c1-13-17(15(3)25)14(2)24(21-13)12-16(26)22-8-5-9-23(11-10-22)18-19-6-4-7-20-18/h4,6-7H,5,8-12H2,1-3H3. The molecule has 0 spiro atoms. The Morgan fingerprint density at radius 3 is 2.46 bits per heavy atom. The highest BCUT2D eigenvalue weighted by atomic mass is 16.2. The first-order valence-electron chi connectivity index (χ1n) is 8.82. The minimum absolute atomic E-state index is 0.0153. The van der Waals surface area contributed by atoms with Crippen LogP contribution >= 0.6 is 0 Å². The van der Waals surface area contributed by atoms with Crippen molar-refractivity contribution in [2.24, 2.45) is 0 Å². The maximum Gasteiger partial charge on any atom is 0.244 e. The summed E-state index contributed by atoms with van der Waals surface area (Å²) in [5.74, 6) is 0.694. The van der Waals surface area contributed by atoms with Crippen molar-refractivity contribution in [2.75, 3.05) is 31.1 Å². The molecule has 2 aromatic rings. The minimum atomic E-state index is -0.0213. The molecule has 0 aromatic carbocycles. The number of hydrogen-bond donors (Lipinski definition) is 0. The first-order valence-corrected chi connectivity index (χ1v) is 8.82. The lowest BCUT2D eigenvalue weighted by atomic mass is 10.1. The summed E-state index contributed by atoms with van der Waals surface area (Å²) < 4.78 is 1.64. The van der Waals surface area contributed by atoms with Crippen LogP contribution in [-0.4, -0.2) is 62.5 Å². The van der Waals surface area contributed by atoms with Crippen LogP contribution in [0.3, 0.4) is 0 Å². The maximum atomic E-state index is 12.7. The molecule has 1 saturated heterocycles. The van der Waals surface area contributed by atoms with Crippen LogP contribution in [0.2, 0.25) is 0 Å². The molecule has 1 aliphatic rings. The molecule has 3 heterocycles. The molecular formula is C18H24N6O2. The summed E-state index contributed by atoms with van der Waals surface area (Å²) in [5.41, 5.74) is 2.03. The molecule has 0 atom stereocenters. The molecule has 2 aromatic heterocycles. The molecule has 0 bridgehead atoms. The molecule has 8 heteroatoms. The number of aromatic nitrogens is 4. The average Bonchev–Trinajstić information content (AvgIpc) is 2.80. The smallest absolute Gasteiger partial charge is 0.244 e. The summed E-state index contributed by atoms with van der Waals surface area (Å²) in [7, 11) is 0. The van der Waals surface area contributed by atoms with Gasteiger partial charge in [-0.3, -0.25) is 14.3 Å². The summed E-state index contributed by atoms with van der Waals surface area (Å²) >= 11 is 0. The van der Waals surface area contributed by atoms with Gasteiger partial charge >= 0.3 is 0 Å². The number of amides is 1. The van der Waals surface area contributed by atoms with E-state index in [1.807, 2.05) is 11.8 Å². The van der Waals surface area contributed by atoms with E-state index in [9.17, 15) is 9.59 Å². The number of carbonyl (C=O) groups excluding carboxylic acids is 2. The number of hydrogen-bond acceptors (Lipinski definition) is 6. The molecule has 3 rings (SSSR count). The van der Waals surface area contributed by atoms with E-state index in [1.165, 1.54) is 6.92 Å². The molecule has 0 N–H and O–H groups in total. The van der Waals surface area contributed by atoms with Crippen LogP contribution in [0.4, 0.5) is 5.95 Å². The number of aryl methyl sites for hydroxylation is 1. The van der Waals surface area contributed by atoms with Crippen molar-refractivity contribution in [3.63, 3.8) is 0 Å². The van der Waals surface area contributed by atoms with Crippen molar-refractivity contribution >= 4 is 17.6 Å². The zero-order chi connectivity index (χ0) is 18.7. The average molecular weight is 356 g/mol. The predicted molar refractivity (Wildman–Crippen MR) is 97.1 cm³/mol. The third-order valence-electron chi connectivity index (χ3n) is 4.70. The Morgan fingerprint density at radius 2 is 1.81 bits per heavy atom. The van der Waals surface area contributed by atoms with Gasteiger partial charge in [-0.1, -0.05) is 0 Å². The molecule has 0 aliphatic carbocycles. The predicted octanol–water partition coefficient (Wildman–Crippen LogP) is 1.23. The topological polar surface area (TPSA) is 84.2 Å². The number of carbonyl (C=O) groups is 2. The van der Waals surface area contributed by atoms with Gasteiger partial charge in [-0.05, 0) is 33.3 Å². The Morgan fingerprint density at radius 1 is 1.08 bits per heavy atom. The Balaban J connectivity index is 1.66. The second kappa shape index (κ2) is 7.63. The third kappa shape index (κ3) is 3.74. The van der Waals surface area contributed by atoms with E-state index < -0.39 is 0 Å². The van der Waals surface area contributed by atoms with Crippen molar-refractivity contribution in [1.29, 1.82) is 0 Å². The van der Waals surface area contributed by atoms with Gasteiger partial charge in [-0.25, -0.2) is 9.97 Å². The maximum absolute atomic E-state index is 12.7. The summed E-state index contributed by atoms with van der Waals surface area (Å²) in [6, 6.07) is 1.79. The lowest BCUT2D eigenvalue weighted by Gasteiger charge is -2.22. The number of nitrogens with zero attached hydrogens (tertiary/aromatic N) is 6. The fourth-order valence-electron chi connectivity index (χ4n) is 3.41. The molecule has 26 heavy (non-hydrogen) atoms. The summed E-state index contributed by atoms with van der Waals surface area (Å²) in [5, 5.41) is 4.37. The zero-order valence-electron chi connectivity index (χ0n) is 15.5. The monoisotopic (exact) mass is 356 g/mol. The zero-order valence-corrected chi connectivity index (χ0v) is 15.5. The Bertz CT molecular complexity index is 802. The fourth-order valence-corrected chi connectivity index (χ4v) is 3.41. The first-order chi connectivity index (χ1) is 12.5. The van der Waals surface area contributed by atoms with Crippen LogP contribution in [0, 0.1) is 13.8 Å². The molecule has 0 unspecified atom stereocenters. The number of rotatable bonds is 4. The van der Waals surface area contributed by atoms with Gasteiger partial charge in [-0.15, -0.1) is 0 Å². The highest BCUT2D eigenvalue weighted by Crippen LogP contribution is 2.15. The summed E-state index contributed by atoms with van der Waals surface area (Å²) in [4.78, 5) is 37.0. The van der Waals surface area contributed by atoms with Crippen LogP contribution in [0.5, 0.6) is 0 Å². The largest absolute Gasteiger partial charge is 0.339 e. The van der Waals surface area contributed by atoms with E-state index >= 15 is 0 Å². The van der Waals surface area contributed by atoms with Gasteiger partial charge in [-0.2, -0.15) is 5.10 Å². The Labute approximate surface area is 152 Å². The second-order valence-corrected chi connectivity index (χ2v) is 6.53. The SMILES string of the molecule is CC(=O)c1c(C)nn(CC(=O)N2CCCN(c3ncccn3)CC2)c1C. The first kappa shape index (κ1) is 18.0. The van der Waals surface area contributed by atoms with Crippen LogP contribution in [0.15, 0.2) is 18.5 Å². The van der Waals surface area contributed by atoms with Gasteiger partial charge in [0, 0.05) is 44.3 Å². The van der Waals surface area contributed by atoms with E-state index in [0.717, 1.165) is 18.7 Å². The van der Waals surface area contributed by atoms with Crippen LogP contribution in [0.1, 0.15) is 35.1 Å². The van der Waals surface area contributed by atoms with Crippen molar-refractivity contribution in [3.05, 3.63) is 35.4 Å². The molecule has 8 nitrogen and oxygen atoms in total. The molecule has 0 saturated carbocycles. The molecule has 1 fully saturated rings. The minimum Gasteiger partial charge on any atom is -0.339 e. The normalized spacial score (nSPS) is 15.0. The van der Waals surface area contributed by atoms with Gasteiger partial charge in [0.1, 0.15) is 6.54 Å². The van der Waals surface area contributed by atoms with Gasteiger partial charge in [0.15, 0.2) is 5.78 Å². The van der Waals surface area contributed by atoms with Crippen molar-refractivity contribution in [1.82, 2.24) is 24.6 Å². The van der Waals surface area contributed by atoms with Gasteiger partial charge in [0.25, 0.3) is 0 Å². The van der Waals surface area contributed by atoms with Gasteiger partial charge < -0.3 is 9.80 Å². The van der Waals surface area contributed by atoms with E-state index in [1.54, 1.807) is 30.1 Å². The van der Waals surface area contributed by atoms with E-state index in [0.29, 0.717) is 36.8 Å². The fraction of sp³-hybridized carbons (Fsp3) is 0.500. The van der Waals surface area contributed by atoms with Gasteiger partial charge in [0.2, 0.25) is 11.9 Å². The highest BCUT2D eigenvalue weighted by molar-refractivity contribution is 5.96.